The van der Waals surface area contributed by atoms with Crippen LogP contribution in [0.25, 0.3) is 0 Å². The normalized spacial score (nSPS) is 11.7. The minimum Gasteiger partial charge on any atom is -0.481 e. The van der Waals surface area contributed by atoms with Gasteiger partial charge in [-0.1, -0.05) is 6.92 Å². The van der Waals surface area contributed by atoms with Crippen LogP contribution in [-0.4, -0.2) is 35.4 Å². The summed E-state index contributed by atoms with van der Waals surface area (Å²) in [6.45, 7) is 3.85. The smallest absolute Gasteiger partial charge is 0.303 e. The molecule has 0 aliphatic carbocycles. The maximum atomic E-state index is 12.3. The minimum absolute atomic E-state index is 0.0621. The van der Waals surface area contributed by atoms with Crippen LogP contribution in [0.1, 0.15) is 37.0 Å². The molecule has 0 aliphatic rings. The largest absolute Gasteiger partial charge is 0.481 e. The second-order valence-electron chi connectivity index (χ2n) is 4.67. The van der Waals surface area contributed by atoms with Crippen LogP contribution in [0, 0.1) is 0 Å². The van der Waals surface area contributed by atoms with Crippen molar-refractivity contribution in [1.29, 1.82) is 0 Å². The third-order valence-corrected chi connectivity index (χ3v) is 2.90. The first-order valence-corrected chi connectivity index (χ1v) is 6.81. The van der Waals surface area contributed by atoms with Gasteiger partial charge in [-0.05, 0) is 37.2 Å². The summed E-state index contributed by atoms with van der Waals surface area (Å²) in [5.74, 6) is -1.25. The van der Waals surface area contributed by atoms with Crippen LogP contribution in [0.4, 0.5) is 5.69 Å². The van der Waals surface area contributed by atoms with Crippen LogP contribution in [-0.2, 0) is 9.59 Å². The molecule has 0 bridgehead atoms. The number of anilines is 1. The number of carbonyl (C=O) groups is 3. The van der Waals surface area contributed by atoms with E-state index < -0.39 is 12.0 Å². The number of carboxylic acids is 1. The lowest BCUT2D eigenvalue weighted by Gasteiger charge is -2.16. The molecule has 6 heteroatoms. The van der Waals surface area contributed by atoms with Crippen LogP contribution in [0.15, 0.2) is 24.3 Å². The molecule has 0 spiro atoms. The topological polar surface area (TPSA) is 95.5 Å². The number of hydrogen-bond acceptors (Lipinski definition) is 4. The number of benzene rings is 1. The van der Waals surface area contributed by atoms with Gasteiger partial charge in [-0.3, -0.25) is 14.4 Å². The molecular formula is C15H20N2O4. The van der Waals surface area contributed by atoms with Crippen LogP contribution in [0.3, 0.4) is 0 Å². The second kappa shape index (κ2) is 8.16. The SMILES string of the molecule is CCNC(CCC(=O)O)C(=O)c1ccc(NC(C)=O)cc1. The highest BCUT2D eigenvalue weighted by Crippen LogP contribution is 2.13. The molecule has 3 N–H and O–H groups in total. The fourth-order valence-electron chi connectivity index (χ4n) is 1.96. The quantitative estimate of drug-likeness (QED) is 0.633. The van der Waals surface area contributed by atoms with E-state index in [1.165, 1.54) is 6.92 Å². The molecule has 6 nitrogen and oxygen atoms in total. The molecule has 0 fully saturated rings. The van der Waals surface area contributed by atoms with E-state index in [4.69, 9.17) is 5.11 Å². The number of hydrogen-bond donors (Lipinski definition) is 3. The Balaban J connectivity index is 2.77. The molecule has 1 rings (SSSR count). The van der Waals surface area contributed by atoms with Gasteiger partial charge < -0.3 is 15.7 Å². The molecule has 0 heterocycles. The zero-order chi connectivity index (χ0) is 15.8. The molecule has 0 saturated heterocycles. The molecular weight excluding hydrogens is 272 g/mol. The predicted octanol–water partition coefficient (Wildman–Crippen LogP) is 1.67. The summed E-state index contributed by atoms with van der Waals surface area (Å²) in [5, 5.41) is 14.3. The molecule has 0 aliphatic heterocycles. The van der Waals surface area contributed by atoms with E-state index in [2.05, 4.69) is 10.6 Å². The molecule has 0 saturated carbocycles. The molecule has 0 radical (unpaired) electrons. The standard InChI is InChI=1S/C15H20N2O4/c1-3-16-13(8-9-14(19)20)15(21)11-4-6-12(7-5-11)17-10(2)18/h4-7,13,16H,3,8-9H2,1-2H3,(H,17,18)(H,19,20). The average Bonchev–Trinajstić information content (AvgIpc) is 2.42. The van der Waals surface area contributed by atoms with E-state index in [0.29, 0.717) is 17.8 Å². The Labute approximate surface area is 123 Å². The van der Waals surface area contributed by atoms with Gasteiger partial charge in [-0.2, -0.15) is 0 Å². The number of likely N-dealkylation sites (N-methyl/N-ethyl adjacent to an activating group) is 1. The first kappa shape index (κ1) is 16.8. The third-order valence-electron chi connectivity index (χ3n) is 2.90. The van der Waals surface area contributed by atoms with Crippen molar-refractivity contribution in [3.63, 3.8) is 0 Å². The molecule has 1 unspecified atom stereocenters. The van der Waals surface area contributed by atoms with E-state index in [-0.39, 0.29) is 24.5 Å². The van der Waals surface area contributed by atoms with Gasteiger partial charge in [0.25, 0.3) is 0 Å². The first-order chi connectivity index (χ1) is 9.93. The Morgan fingerprint density at radius 2 is 1.81 bits per heavy atom. The lowest BCUT2D eigenvalue weighted by atomic mass is 10.00. The molecule has 114 valence electrons. The molecule has 0 aromatic heterocycles. The van der Waals surface area contributed by atoms with Gasteiger partial charge in [-0.15, -0.1) is 0 Å². The summed E-state index contributed by atoms with van der Waals surface area (Å²) in [6, 6.07) is 6.03. The minimum atomic E-state index is -0.924. The number of carboxylic acid groups (broad SMARTS) is 1. The molecule has 1 aromatic carbocycles. The van der Waals surface area contributed by atoms with Gasteiger partial charge in [0.15, 0.2) is 5.78 Å². The van der Waals surface area contributed by atoms with Gasteiger partial charge in [-0.25, -0.2) is 0 Å². The van der Waals surface area contributed by atoms with E-state index in [1.807, 2.05) is 6.92 Å². The summed E-state index contributed by atoms with van der Waals surface area (Å²) in [6.07, 6.45) is 0.183. The number of rotatable bonds is 8. The third kappa shape index (κ3) is 5.74. The van der Waals surface area contributed by atoms with E-state index >= 15 is 0 Å². The van der Waals surface area contributed by atoms with Crippen molar-refractivity contribution in [2.75, 3.05) is 11.9 Å². The summed E-state index contributed by atoms with van der Waals surface area (Å²) in [5.41, 5.74) is 1.10. The van der Waals surface area contributed by atoms with Gasteiger partial charge in [0.05, 0.1) is 6.04 Å². The fourth-order valence-corrected chi connectivity index (χ4v) is 1.96. The van der Waals surface area contributed by atoms with Crippen LogP contribution >= 0.6 is 0 Å². The predicted molar refractivity (Wildman–Crippen MR) is 79.4 cm³/mol. The van der Waals surface area contributed by atoms with Crippen LogP contribution in [0.5, 0.6) is 0 Å². The van der Waals surface area contributed by atoms with Crippen molar-refractivity contribution in [3.05, 3.63) is 29.8 Å². The van der Waals surface area contributed by atoms with Gasteiger partial charge in [0, 0.05) is 24.6 Å². The fraction of sp³-hybridized carbons (Fsp3) is 0.400. The van der Waals surface area contributed by atoms with E-state index in [9.17, 15) is 14.4 Å². The Kier molecular flexibility index (Phi) is 6.55. The lowest BCUT2D eigenvalue weighted by molar-refractivity contribution is -0.137. The Bertz CT molecular complexity index is 511. The summed E-state index contributed by atoms with van der Waals surface area (Å²) in [7, 11) is 0. The number of Topliss-reactive ketones (excluding diaryl/α,β-unsaturated/α-hetero) is 1. The number of ketones is 1. The van der Waals surface area contributed by atoms with Crippen molar-refractivity contribution in [2.24, 2.45) is 0 Å². The van der Waals surface area contributed by atoms with E-state index in [0.717, 1.165) is 0 Å². The lowest BCUT2D eigenvalue weighted by Crippen LogP contribution is -2.37. The molecule has 21 heavy (non-hydrogen) atoms. The summed E-state index contributed by atoms with van der Waals surface area (Å²) < 4.78 is 0. The zero-order valence-corrected chi connectivity index (χ0v) is 12.2. The Morgan fingerprint density at radius 3 is 2.29 bits per heavy atom. The molecule has 1 aromatic rings. The Hall–Kier alpha value is -2.21. The van der Waals surface area contributed by atoms with Crippen LogP contribution < -0.4 is 10.6 Å². The zero-order valence-electron chi connectivity index (χ0n) is 12.2. The second-order valence-corrected chi connectivity index (χ2v) is 4.67. The number of nitrogens with one attached hydrogen (secondary N) is 2. The van der Waals surface area contributed by atoms with Gasteiger partial charge >= 0.3 is 5.97 Å². The number of aliphatic carboxylic acids is 1. The van der Waals surface area contributed by atoms with Crippen LogP contribution in [0.2, 0.25) is 0 Å². The maximum Gasteiger partial charge on any atom is 0.303 e. The highest BCUT2D eigenvalue weighted by molar-refractivity contribution is 6.00. The molecule has 1 amide bonds. The van der Waals surface area contributed by atoms with E-state index in [1.54, 1.807) is 24.3 Å². The average molecular weight is 292 g/mol. The Morgan fingerprint density at radius 1 is 1.19 bits per heavy atom. The number of amides is 1. The van der Waals surface area contributed by atoms with Crippen molar-refractivity contribution >= 4 is 23.3 Å². The van der Waals surface area contributed by atoms with Crippen molar-refractivity contribution in [3.8, 4) is 0 Å². The van der Waals surface area contributed by atoms with Crippen molar-refractivity contribution in [1.82, 2.24) is 5.32 Å². The van der Waals surface area contributed by atoms with Crippen molar-refractivity contribution < 1.29 is 19.5 Å². The van der Waals surface area contributed by atoms with Gasteiger partial charge in [0.1, 0.15) is 0 Å². The monoisotopic (exact) mass is 292 g/mol. The highest BCUT2D eigenvalue weighted by Gasteiger charge is 2.19. The van der Waals surface area contributed by atoms with Gasteiger partial charge in [0.2, 0.25) is 5.91 Å². The molecule has 1 atom stereocenters. The number of carbonyl (C=O) groups excluding carboxylic acids is 2. The maximum absolute atomic E-state index is 12.3. The van der Waals surface area contributed by atoms with Crippen molar-refractivity contribution in [2.45, 2.75) is 32.7 Å². The summed E-state index contributed by atoms with van der Waals surface area (Å²) in [4.78, 5) is 33.9. The summed E-state index contributed by atoms with van der Waals surface area (Å²) >= 11 is 0. The highest BCUT2D eigenvalue weighted by atomic mass is 16.4. The first-order valence-electron chi connectivity index (χ1n) is 6.81.